The Morgan fingerprint density at radius 2 is 1.38 bits per heavy atom. The number of aromatic nitrogens is 1. The maximum Gasteiger partial charge on any atom is 0.0623 e. The normalized spacial score (nSPS) is 18.1. The van der Waals surface area contributed by atoms with Gasteiger partial charge in [-0.05, 0) is 73.8 Å². The second-order valence-corrected chi connectivity index (χ2v) is 8.68. The average Bonchev–Trinajstić information content (AvgIpc) is 2.77. The zero-order chi connectivity index (χ0) is 21.3. The van der Waals surface area contributed by atoms with Crippen molar-refractivity contribution in [1.29, 1.82) is 0 Å². The Hall–Kier alpha value is 1.05. The SMILES string of the molecule is Br.Br.Br.Br.Br.Br.NCCc1nccc2c1C(N1CCCNCCNCCCNCC1)c1ccc(cc1)C2. The van der Waals surface area contributed by atoms with Gasteiger partial charge in [0.15, 0.2) is 0 Å². The zero-order valence-electron chi connectivity index (χ0n) is 21.2. The van der Waals surface area contributed by atoms with Crippen LogP contribution in [0.25, 0.3) is 0 Å². The predicted octanol–water partition coefficient (Wildman–Crippen LogP) is 4.91. The number of nitrogens with one attached hydrogen (secondary N) is 3. The minimum absolute atomic E-state index is 0. The highest BCUT2D eigenvalue weighted by Gasteiger charge is 2.28. The van der Waals surface area contributed by atoms with Crippen molar-refractivity contribution < 1.29 is 0 Å². The number of halogens is 6. The summed E-state index contributed by atoms with van der Waals surface area (Å²) in [5.74, 6) is 0. The molecular weight excluding hydrogens is 864 g/mol. The van der Waals surface area contributed by atoms with Crippen LogP contribution in [0.15, 0.2) is 36.5 Å². The molecule has 0 amide bonds. The number of pyridine rings is 1. The van der Waals surface area contributed by atoms with E-state index in [4.69, 9.17) is 10.7 Å². The molecule has 1 aromatic carbocycles. The standard InChI is InChI=1S/C25H38N6.6BrH/c26-9-7-23-24-22(8-13-30-23)19-20-3-5-21(6-4-20)25(24)31-17-2-12-28-15-14-27-10-1-11-29-16-18-31;;;;;;/h3-6,8,13,25,27-29H,1-2,7,9-12,14-19,26H2;6*1H. The van der Waals surface area contributed by atoms with Crippen LogP contribution in [0.1, 0.15) is 46.8 Å². The summed E-state index contributed by atoms with van der Waals surface area (Å²) in [6.07, 6.45) is 6.06. The van der Waals surface area contributed by atoms with Gasteiger partial charge < -0.3 is 21.7 Å². The second kappa shape index (κ2) is 23.7. The van der Waals surface area contributed by atoms with E-state index in [1.807, 2.05) is 6.20 Å². The largest absolute Gasteiger partial charge is 0.330 e. The lowest BCUT2D eigenvalue weighted by Crippen LogP contribution is -2.40. The number of fused-ring (bicyclic) bond motifs is 2. The molecule has 12 heteroatoms. The maximum atomic E-state index is 5.99. The van der Waals surface area contributed by atoms with E-state index in [0.29, 0.717) is 6.54 Å². The monoisotopic (exact) mass is 902 g/mol. The minimum atomic E-state index is 0. The van der Waals surface area contributed by atoms with E-state index >= 15 is 0 Å². The highest BCUT2D eigenvalue weighted by atomic mass is 79.9. The van der Waals surface area contributed by atoms with Gasteiger partial charge in [-0.1, -0.05) is 24.3 Å². The smallest absolute Gasteiger partial charge is 0.0623 e. The van der Waals surface area contributed by atoms with Crippen molar-refractivity contribution in [3.05, 3.63) is 64.5 Å². The highest BCUT2D eigenvalue weighted by Crippen LogP contribution is 2.36. The van der Waals surface area contributed by atoms with Gasteiger partial charge in [-0.15, -0.1) is 102 Å². The van der Waals surface area contributed by atoms with Crippen LogP contribution in [-0.4, -0.2) is 68.8 Å². The molecule has 1 unspecified atom stereocenters. The van der Waals surface area contributed by atoms with Gasteiger partial charge in [-0.2, -0.15) is 0 Å². The Kier molecular flexibility index (Phi) is 27.3. The van der Waals surface area contributed by atoms with Crippen molar-refractivity contribution in [2.45, 2.75) is 31.7 Å². The summed E-state index contributed by atoms with van der Waals surface area (Å²) in [5.41, 5.74) is 12.7. The van der Waals surface area contributed by atoms with E-state index in [2.05, 4.69) is 51.2 Å². The first-order chi connectivity index (χ1) is 15.4. The van der Waals surface area contributed by atoms with Crippen LogP contribution in [0.2, 0.25) is 0 Å². The number of hydrogen-bond donors (Lipinski definition) is 4. The molecule has 1 fully saturated rings. The van der Waals surface area contributed by atoms with Gasteiger partial charge in [0, 0.05) is 51.0 Å². The van der Waals surface area contributed by atoms with Crippen LogP contribution in [0.4, 0.5) is 0 Å². The molecular formula is C25H44Br6N6. The van der Waals surface area contributed by atoms with Gasteiger partial charge >= 0.3 is 0 Å². The van der Waals surface area contributed by atoms with Gasteiger partial charge in [-0.3, -0.25) is 9.88 Å². The quantitative estimate of drug-likeness (QED) is 0.352. The fraction of sp³-hybridized carbons (Fsp3) is 0.560. The Balaban J connectivity index is -0.00000193. The van der Waals surface area contributed by atoms with Crippen LogP contribution in [0.5, 0.6) is 0 Å². The Morgan fingerprint density at radius 1 is 0.757 bits per heavy atom. The fourth-order valence-corrected chi connectivity index (χ4v) is 4.87. The van der Waals surface area contributed by atoms with Crippen LogP contribution < -0.4 is 21.7 Å². The minimum Gasteiger partial charge on any atom is -0.330 e. The van der Waals surface area contributed by atoms with Gasteiger partial charge in [0.2, 0.25) is 0 Å². The van der Waals surface area contributed by atoms with Gasteiger partial charge in [0.05, 0.1) is 6.04 Å². The first kappa shape index (κ1) is 42.5. The molecule has 37 heavy (non-hydrogen) atoms. The number of benzene rings is 1. The summed E-state index contributed by atoms with van der Waals surface area (Å²) in [6, 6.07) is 11.7. The van der Waals surface area contributed by atoms with E-state index in [1.54, 1.807) is 0 Å². The fourth-order valence-electron chi connectivity index (χ4n) is 4.87. The van der Waals surface area contributed by atoms with Crippen LogP contribution in [0.3, 0.4) is 0 Å². The summed E-state index contributed by atoms with van der Waals surface area (Å²) < 4.78 is 0. The van der Waals surface area contributed by atoms with Crippen LogP contribution >= 0.6 is 102 Å². The Bertz CT molecular complexity index is 816. The second-order valence-electron chi connectivity index (χ2n) is 8.68. The Labute approximate surface area is 286 Å². The lowest BCUT2D eigenvalue weighted by molar-refractivity contribution is 0.219. The number of rotatable bonds is 3. The predicted molar refractivity (Wildman–Crippen MR) is 189 cm³/mol. The van der Waals surface area contributed by atoms with Crippen molar-refractivity contribution in [2.75, 3.05) is 58.9 Å². The molecule has 1 saturated heterocycles. The number of nitrogens with zero attached hydrogens (tertiary/aromatic N) is 2. The number of nitrogens with two attached hydrogens (primary N) is 1. The summed E-state index contributed by atoms with van der Waals surface area (Å²) >= 11 is 0. The van der Waals surface area contributed by atoms with Crippen molar-refractivity contribution in [1.82, 2.24) is 25.8 Å². The first-order valence-electron chi connectivity index (χ1n) is 12.0. The third-order valence-electron chi connectivity index (χ3n) is 6.43. The highest BCUT2D eigenvalue weighted by molar-refractivity contribution is 8.93. The molecule has 0 spiro atoms. The van der Waals surface area contributed by atoms with E-state index in [9.17, 15) is 0 Å². The third kappa shape index (κ3) is 12.6. The maximum absolute atomic E-state index is 5.99. The molecule has 2 bridgehead atoms. The zero-order valence-corrected chi connectivity index (χ0v) is 31.4. The number of hydrogen-bond acceptors (Lipinski definition) is 6. The van der Waals surface area contributed by atoms with Crippen molar-refractivity contribution >= 4 is 102 Å². The van der Waals surface area contributed by atoms with E-state index in [0.717, 1.165) is 78.0 Å². The van der Waals surface area contributed by atoms with Crippen molar-refractivity contribution in [3.8, 4) is 0 Å². The summed E-state index contributed by atoms with van der Waals surface area (Å²) in [5, 5.41) is 10.8. The molecule has 0 saturated carbocycles. The molecule has 1 aliphatic heterocycles. The van der Waals surface area contributed by atoms with E-state index in [1.165, 1.54) is 27.9 Å². The lowest BCUT2D eigenvalue weighted by atomic mass is 9.85. The van der Waals surface area contributed by atoms with E-state index < -0.39 is 0 Å². The molecule has 2 heterocycles. The van der Waals surface area contributed by atoms with Crippen LogP contribution in [-0.2, 0) is 12.8 Å². The first-order valence-corrected chi connectivity index (χ1v) is 12.0. The molecule has 5 N–H and O–H groups in total. The van der Waals surface area contributed by atoms with Crippen molar-refractivity contribution in [2.24, 2.45) is 5.73 Å². The summed E-state index contributed by atoms with van der Waals surface area (Å²) in [7, 11) is 0. The molecule has 1 atom stereocenters. The summed E-state index contributed by atoms with van der Waals surface area (Å²) in [6.45, 7) is 8.98. The average molecular weight is 908 g/mol. The Morgan fingerprint density at radius 3 is 2.03 bits per heavy atom. The molecule has 1 aromatic heterocycles. The molecule has 2 aliphatic carbocycles. The van der Waals surface area contributed by atoms with Crippen molar-refractivity contribution in [3.63, 3.8) is 0 Å². The molecule has 0 radical (unpaired) electrons. The van der Waals surface area contributed by atoms with Gasteiger partial charge in [0.1, 0.15) is 0 Å². The molecule has 6 nitrogen and oxygen atoms in total. The molecule has 5 rings (SSSR count). The van der Waals surface area contributed by atoms with Gasteiger partial charge in [0.25, 0.3) is 0 Å². The third-order valence-corrected chi connectivity index (χ3v) is 6.43. The lowest BCUT2D eigenvalue weighted by Gasteiger charge is -2.36. The topological polar surface area (TPSA) is 78.2 Å². The molecule has 3 aliphatic rings. The molecule has 216 valence electrons. The van der Waals surface area contributed by atoms with E-state index in [-0.39, 0.29) is 108 Å². The summed E-state index contributed by atoms with van der Waals surface area (Å²) in [4.78, 5) is 7.46. The van der Waals surface area contributed by atoms with Crippen LogP contribution in [0, 0.1) is 0 Å². The molecule has 2 aromatic rings. The van der Waals surface area contributed by atoms with Gasteiger partial charge in [-0.25, -0.2) is 0 Å².